The summed E-state index contributed by atoms with van der Waals surface area (Å²) >= 11 is 0. The molecule has 0 amide bonds. The van der Waals surface area contributed by atoms with E-state index in [9.17, 15) is 10.2 Å². The first kappa shape index (κ1) is 34.5. The molecule has 0 saturated carbocycles. The molecule has 42 heavy (non-hydrogen) atoms. The van der Waals surface area contributed by atoms with Gasteiger partial charge in [-0.15, -0.1) is 0 Å². The molecule has 2 aromatic carbocycles. The molecule has 236 valence electrons. The Hall–Kier alpha value is -2.04. The van der Waals surface area contributed by atoms with Crippen LogP contribution in [0, 0.1) is 27.7 Å². The smallest absolute Gasteiger partial charge is 0.122 e. The van der Waals surface area contributed by atoms with Crippen molar-refractivity contribution in [3.63, 3.8) is 0 Å². The number of aryl methyl sites for hydroxylation is 2. The Morgan fingerprint density at radius 3 is 1.26 bits per heavy atom. The maximum Gasteiger partial charge on any atom is 0.122 e. The zero-order valence-electron chi connectivity index (χ0n) is 29.2. The van der Waals surface area contributed by atoms with E-state index < -0.39 is 0 Å². The molecule has 0 spiro atoms. The average Bonchev–Trinajstić information content (AvgIpc) is 2.90. The molecule has 2 N–H and O–H groups in total. The van der Waals surface area contributed by atoms with Crippen molar-refractivity contribution in [2.24, 2.45) is 0 Å². The minimum Gasteiger partial charge on any atom is -0.507 e. The van der Waals surface area contributed by atoms with Crippen LogP contribution in [0.2, 0.25) is 0 Å². The van der Waals surface area contributed by atoms with Crippen LogP contribution < -0.4 is 0 Å². The van der Waals surface area contributed by atoms with Gasteiger partial charge in [0.25, 0.3) is 0 Å². The van der Waals surface area contributed by atoms with Crippen LogP contribution >= 0.6 is 0 Å². The van der Waals surface area contributed by atoms with Gasteiger partial charge in [-0.25, -0.2) is 0 Å². The Morgan fingerprint density at radius 2 is 0.976 bits per heavy atom. The fraction of sp³-hybridized carbons (Fsp3) is 0.684. The molecule has 1 aliphatic rings. The third-order valence-electron chi connectivity index (χ3n) is 9.90. The summed E-state index contributed by atoms with van der Waals surface area (Å²) in [6, 6.07) is 5.39. The summed E-state index contributed by atoms with van der Waals surface area (Å²) in [5.74, 6) is 0.942. The number of unbranched alkanes of at least 4 members (excludes halogenated alkanes) is 2. The number of hydrogen-bond donors (Lipinski definition) is 2. The molecule has 4 nitrogen and oxygen atoms in total. The second-order valence-corrected chi connectivity index (χ2v) is 15.2. The predicted octanol–water partition coefficient (Wildman–Crippen LogP) is 9.36. The lowest BCUT2D eigenvalue weighted by molar-refractivity contribution is -0.000876. The molecular formula is C38H62N2O2. The molecule has 0 bridgehead atoms. The van der Waals surface area contributed by atoms with Gasteiger partial charge in [0.1, 0.15) is 11.5 Å². The van der Waals surface area contributed by atoms with Crippen molar-refractivity contribution in [1.82, 2.24) is 9.80 Å². The molecule has 4 heteroatoms. The lowest BCUT2D eigenvalue weighted by Crippen LogP contribution is -2.59. The molecule has 1 fully saturated rings. The molecule has 1 aliphatic heterocycles. The van der Waals surface area contributed by atoms with Gasteiger partial charge in [-0.2, -0.15) is 0 Å². The SMILES string of the molecule is CCCCC1C(CCCC)N(Cc2c(C)cc(C(C)(C)C)c(O)c2C)CCN1Cc1c(C)cc(C(C)(C)C)c(O)c1C. The lowest BCUT2D eigenvalue weighted by atomic mass is 9.82. The standard InChI is InChI=1S/C38H62N2O2/c1-13-15-17-33-34(18-16-14-2)40(24-30-26(4)22-32(38(10,11)12)36(42)28(30)6)20-19-39(33)23-29-25(3)21-31(37(7,8)9)35(41)27(29)5/h21-22,33-34,41-42H,13-20,23-24H2,1-12H3. The topological polar surface area (TPSA) is 46.9 Å². The highest BCUT2D eigenvalue weighted by molar-refractivity contribution is 5.52. The second-order valence-electron chi connectivity index (χ2n) is 15.2. The number of hydrogen-bond acceptors (Lipinski definition) is 4. The van der Waals surface area contributed by atoms with Gasteiger partial charge in [0, 0.05) is 38.3 Å². The van der Waals surface area contributed by atoms with Crippen LogP contribution in [0.25, 0.3) is 0 Å². The number of aromatic hydroxyl groups is 2. The highest BCUT2D eigenvalue weighted by atomic mass is 16.3. The van der Waals surface area contributed by atoms with Gasteiger partial charge in [0.05, 0.1) is 0 Å². The van der Waals surface area contributed by atoms with E-state index in [0.29, 0.717) is 23.6 Å². The average molecular weight is 579 g/mol. The van der Waals surface area contributed by atoms with E-state index in [-0.39, 0.29) is 10.8 Å². The first-order valence-corrected chi connectivity index (χ1v) is 16.7. The first-order valence-electron chi connectivity index (χ1n) is 16.7. The summed E-state index contributed by atoms with van der Waals surface area (Å²) in [6.07, 6.45) is 7.23. The minimum atomic E-state index is -0.0888. The first-order chi connectivity index (χ1) is 19.5. The van der Waals surface area contributed by atoms with E-state index in [0.717, 1.165) is 48.4 Å². The van der Waals surface area contributed by atoms with E-state index in [1.165, 1.54) is 60.8 Å². The van der Waals surface area contributed by atoms with Crippen LogP contribution in [0.3, 0.4) is 0 Å². The zero-order chi connectivity index (χ0) is 31.6. The Labute approximate surface area is 258 Å². The lowest BCUT2D eigenvalue weighted by Gasteiger charge is -2.49. The van der Waals surface area contributed by atoms with Gasteiger partial charge in [0.15, 0.2) is 0 Å². The fourth-order valence-electron chi connectivity index (χ4n) is 7.11. The second kappa shape index (κ2) is 13.7. The maximum atomic E-state index is 11.2. The van der Waals surface area contributed by atoms with Gasteiger partial charge in [-0.05, 0) is 95.9 Å². The number of phenols is 2. The molecule has 0 radical (unpaired) electrons. The van der Waals surface area contributed by atoms with Gasteiger partial charge in [-0.3, -0.25) is 9.80 Å². The Kier molecular flexibility index (Phi) is 11.3. The molecule has 2 unspecified atom stereocenters. The molecule has 2 aromatic rings. The van der Waals surface area contributed by atoms with E-state index in [1.807, 2.05) is 0 Å². The largest absolute Gasteiger partial charge is 0.507 e. The summed E-state index contributed by atoms with van der Waals surface area (Å²) in [4.78, 5) is 5.47. The monoisotopic (exact) mass is 578 g/mol. The molecule has 3 rings (SSSR count). The molecule has 0 aromatic heterocycles. The van der Waals surface area contributed by atoms with Crippen molar-refractivity contribution < 1.29 is 10.2 Å². The number of nitrogens with zero attached hydrogens (tertiary/aromatic N) is 2. The van der Waals surface area contributed by atoms with Crippen LogP contribution in [-0.2, 0) is 23.9 Å². The normalized spacial score (nSPS) is 19.0. The summed E-state index contributed by atoms with van der Waals surface area (Å²) in [6.45, 7) is 30.2. The molecule has 1 heterocycles. The van der Waals surface area contributed by atoms with E-state index in [2.05, 4.69) is 105 Å². The summed E-state index contributed by atoms with van der Waals surface area (Å²) in [5, 5.41) is 22.5. The van der Waals surface area contributed by atoms with Gasteiger partial charge in [0.2, 0.25) is 0 Å². The fourth-order valence-corrected chi connectivity index (χ4v) is 7.11. The number of benzene rings is 2. The van der Waals surface area contributed by atoms with E-state index in [4.69, 9.17) is 0 Å². The minimum absolute atomic E-state index is 0.0888. The number of rotatable bonds is 10. The number of phenolic OH excluding ortho intramolecular Hbond substituents is 2. The number of piperazine rings is 1. The summed E-state index contributed by atoms with van der Waals surface area (Å²) in [7, 11) is 0. The van der Waals surface area contributed by atoms with Crippen LogP contribution in [0.4, 0.5) is 0 Å². The van der Waals surface area contributed by atoms with Crippen LogP contribution in [-0.4, -0.2) is 45.2 Å². The van der Waals surface area contributed by atoms with Crippen molar-refractivity contribution in [2.75, 3.05) is 13.1 Å². The molecule has 1 saturated heterocycles. The highest BCUT2D eigenvalue weighted by Crippen LogP contribution is 2.40. The molecular weight excluding hydrogens is 516 g/mol. The van der Waals surface area contributed by atoms with Gasteiger partial charge < -0.3 is 10.2 Å². The predicted molar refractivity (Wildman–Crippen MR) is 180 cm³/mol. The summed E-state index contributed by atoms with van der Waals surface area (Å²) < 4.78 is 0. The van der Waals surface area contributed by atoms with Gasteiger partial charge >= 0.3 is 0 Å². The van der Waals surface area contributed by atoms with E-state index >= 15 is 0 Å². The van der Waals surface area contributed by atoms with Crippen molar-refractivity contribution in [1.29, 1.82) is 0 Å². The van der Waals surface area contributed by atoms with Crippen molar-refractivity contribution in [3.05, 3.63) is 56.6 Å². The zero-order valence-corrected chi connectivity index (χ0v) is 29.2. The van der Waals surface area contributed by atoms with Crippen molar-refractivity contribution >= 4 is 0 Å². The quantitative estimate of drug-likeness (QED) is 0.295. The summed E-state index contributed by atoms with van der Waals surface area (Å²) in [5.41, 5.74) is 9.16. The Balaban J connectivity index is 1.99. The highest BCUT2D eigenvalue weighted by Gasteiger charge is 2.37. The van der Waals surface area contributed by atoms with Crippen LogP contribution in [0.5, 0.6) is 11.5 Å². The van der Waals surface area contributed by atoms with Crippen molar-refractivity contribution in [2.45, 2.75) is 158 Å². The van der Waals surface area contributed by atoms with Crippen molar-refractivity contribution in [3.8, 4) is 11.5 Å². The van der Waals surface area contributed by atoms with E-state index in [1.54, 1.807) is 0 Å². The Bertz CT molecular complexity index is 1120. The van der Waals surface area contributed by atoms with Crippen LogP contribution in [0.1, 0.15) is 138 Å². The Morgan fingerprint density at radius 1 is 0.643 bits per heavy atom. The third-order valence-corrected chi connectivity index (χ3v) is 9.90. The maximum absolute atomic E-state index is 11.2. The van der Waals surface area contributed by atoms with Gasteiger partial charge in [-0.1, -0.05) is 93.2 Å². The third kappa shape index (κ3) is 7.53. The molecule has 2 atom stereocenters. The molecule has 0 aliphatic carbocycles. The van der Waals surface area contributed by atoms with Crippen LogP contribution in [0.15, 0.2) is 12.1 Å².